The maximum Gasteiger partial charge on any atom is 0.253 e. The van der Waals surface area contributed by atoms with Crippen molar-refractivity contribution >= 4 is 29.1 Å². The number of amides is 2. The molecule has 2 rings (SSSR count). The second-order valence-corrected chi connectivity index (χ2v) is 6.62. The van der Waals surface area contributed by atoms with Crippen molar-refractivity contribution in [2.45, 2.75) is 39.2 Å². The van der Waals surface area contributed by atoms with Gasteiger partial charge in [0.05, 0.1) is 23.6 Å². The van der Waals surface area contributed by atoms with Gasteiger partial charge in [0.15, 0.2) is 0 Å². The molecule has 0 bridgehead atoms. The zero-order valence-electron chi connectivity index (χ0n) is 13.5. The maximum atomic E-state index is 12.1. The molecule has 1 aliphatic carbocycles. The number of nitrogens with one attached hydrogen (secondary N) is 2. The van der Waals surface area contributed by atoms with Crippen molar-refractivity contribution in [1.29, 1.82) is 0 Å². The van der Waals surface area contributed by atoms with Crippen molar-refractivity contribution in [1.82, 2.24) is 5.32 Å². The lowest BCUT2D eigenvalue weighted by molar-refractivity contribution is -0.117. The summed E-state index contributed by atoms with van der Waals surface area (Å²) >= 11 is 6.07. The fourth-order valence-electron chi connectivity index (χ4n) is 1.98. The van der Waals surface area contributed by atoms with E-state index in [1.165, 1.54) is 0 Å². The number of halogens is 1. The summed E-state index contributed by atoms with van der Waals surface area (Å²) in [6, 6.07) is 5.17. The molecule has 0 saturated heterocycles. The zero-order chi connectivity index (χ0) is 16.8. The number of carbonyl (C=O) groups is 2. The van der Waals surface area contributed by atoms with Gasteiger partial charge in [-0.05, 0) is 37.0 Å². The predicted molar refractivity (Wildman–Crippen MR) is 90.8 cm³/mol. The first kappa shape index (κ1) is 17.8. The Hall–Kier alpha value is -1.59. The number of ether oxygens (including phenoxy) is 1. The Labute approximate surface area is 141 Å². The average Bonchev–Trinajstić information content (AvgIpc) is 3.29. The highest BCUT2D eigenvalue weighted by Gasteiger charge is 2.24. The molecule has 0 atom stereocenters. The molecule has 1 aromatic carbocycles. The Morgan fingerprint density at radius 1 is 1.35 bits per heavy atom. The van der Waals surface area contributed by atoms with Crippen molar-refractivity contribution in [3.05, 3.63) is 28.8 Å². The number of hydrogen-bond acceptors (Lipinski definition) is 3. The summed E-state index contributed by atoms with van der Waals surface area (Å²) in [5.74, 6) is 0.0976. The monoisotopic (exact) mass is 338 g/mol. The summed E-state index contributed by atoms with van der Waals surface area (Å²) < 4.78 is 5.39. The molecule has 2 amide bonds. The molecule has 0 aromatic heterocycles. The third-order valence-corrected chi connectivity index (χ3v) is 3.66. The Balaban J connectivity index is 1.86. The Kier molecular flexibility index (Phi) is 6.42. The van der Waals surface area contributed by atoms with Gasteiger partial charge in [-0.15, -0.1) is 0 Å². The number of rotatable bonds is 8. The summed E-state index contributed by atoms with van der Waals surface area (Å²) in [5.41, 5.74) is 0.941. The van der Waals surface area contributed by atoms with Crippen LogP contribution in [-0.2, 0) is 9.53 Å². The van der Waals surface area contributed by atoms with E-state index in [1.54, 1.807) is 18.2 Å². The highest BCUT2D eigenvalue weighted by molar-refractivity contribution is 6.34. The first-order chi connectivity index (χ1) is 11.0. The fourth-order valence-corrected chi connectivity index (χ4v) is 2.18. The van der Waals surface area contributed by atoms with E-state index >= 15 is 0 Å². The molecule has 1 aromatic rings. The summed E-state index contributed by atoms with van der Waals surface area (Å²) in [7, 11) is 0. The normalized spacial score (nSPS) is 13.9. The quantitative estimate of drug-likeness (QED) is 0.715. The minimum atomic E-state index is -0.200. The zero-order valence-corrected chi connectivity index (χ0v) is 14.3. The van der Waals surface area contributed by atoms with Crippen LogP contribution in [0, 0.1) is 5.92 Å². The van der Waals surface area contributed by atoms with Crippen LogP contribution in [0.4, 0.5) is 5.69 Å². The van der Waals surface area contributed by atoms with Crippen LogP contribution in [0.2, 0.25) is 5.02 Å². The minimum Gasteiger partial charge on any atom is -0.381 e. The summed E-state index contributed by atoms with van der Waals surface area (Å²) in [4.78, 5) is 24.0. The highest BCUT2D eigenvalue weighted by atomic mass is 35.5. The lowest BCUT2D eigenvalue weighted by atomic mass is 10.1. The van der Waals surface area contributed by atoms with E-state index in [4.69, 9.17) is 16.3 Å². The molecular formula is C17H23ClN2O3. The van der Waals surface area contributed by atoms with Gasteiger partial charge >= 0.3 is 0 Å². The van der Waals surface area contributed by atoms with E-state index in [0.29, 0.717) is 35.4 Å². The molecule has 0 heterocycles. The van der Waals surface area contributed by atoms with Crippen LogP contribution in [0.1, 0.15) is 43.5 Å². The minimum absolute atomic E-state index is 0.148. The van der Waals surface area contributed by atoms with Gasteiger partial charge < -0.3 is 15.4 Å². The molecule has 0 aliphatic heterocycles. The van der Waals surface area contributed by atoms with Gasteiger partial charge in [-0.2, -0.15) is 0 Å². The largest absolute Gasteiger partial charge is 0.381 e. The SMILES string of the molecule is CC(C)COCCC(=O)Nc1ccc(Cl)c(C(=O)NC2CC2)c1. The number of carbonyl (C=O) groups excluding carboxylic acids is 2. The van der Waals surface area contributed by atoms with Crippen LogP contribution >= 0.6 is 11.6 Å². The second-order valence-electron chi connectivity index (χ2n) is 6.21. The molecule has 1 fully saturated rings. The Morgan fingerprint density at radius 3 is 2.74 bits per heavy atom. The third kappa shape index (κ3) is 6.20. The van der Waals surface area contributed by atoms with Gasteiger partial charge in [0.1, 0.15) is 0 Å². The highest BCUT2D eigenvalue weighted by Crippen LogP contribution is 2.24. The smallest absolute Gasteiger partial charge is 0.253 e. The van der Waals surface area contributed by atoms with E-state index in [2.05, 4.69) is 24.5 Å². The van der Waals surface area contributed by atoms with Crippen molar-refractivity contribution in [3.63, 3.8) is 0 Å². The van der Waals surface area contributed by atoms with Gasteiger partial charge in [-0.1, -0.05) is 25.4 Å². The Bertz CT molecular complexity index is 571. The van der Waals surface area contributed by atoms with Crippen LogP contribution in [0.3, 0.4) is 0 Å². The predicted octanol–water partition coefficient (Wildman–Crippen LogP) is 3.23. The molecule has 0 radical (unpaired) electrons. The van der Waals surface area contributed by atoms with E-state index in [-0.39, 0.29) is 24.3 Å². The van der Waals surface area contributed by atoms with Gasteiger partial charge in [0.2, 0.25) is 5.91 Å². The summed E-state index contributed by atoms with van der Waals surface area (Å²) in [6.07, 6.45) is 2.30. The van der Waals surface area contributed by atoms with Gasteiger partial charge in [-0.3, -0.25) is 9.59 Å². The molecule has 2 N–H and O–H groups in total. The van der Waals surface area contributed by atoms with Gasteiger partial charge in [0, 0.05) is 18.3 Å². The average molecular weight is 339 g/mol. The molecule has 5 nitrogen and oxygen atoms in total. The lowest BCUT2D eigenvalue weighted by Gasteiger charge is -2.10. The number of benzene rings is 1. The van der Waals surface area contributed by atoms with E-state index in [9.17, 15) is 9.59 Å². The fraction of sp³-hybridized carbons (Fsp3) is 0.529. The second kappa shape index (κ2) is 8.31. The summed E-state index contributed by atoms with van der Waals surface area (Å²) in [6.45, 7) is 5.14. The van der Waals surface area contributed by atoms with Crippen molar-refractivity contribution < 1.29 is 14.3 Å². The van der Waals surface area contributed by atoms with Crippen LogP contribution in [-0.4, -0.2) is 31.1 Å². The van der Waals surface area contributed by atoms with Crippen LogP contribution in [0.5, 0.6) is 0 Å². The van der Waals surface area contributed by atoms with Crippen LogP contribution in [0.15, 0.2) is 18.2 Å². The van der Waals surface area contributed by atoms with Gasteiger partial charge in [0.25, 0.3) is 5.91 Å². The molecule has 126 valence electrons. The maximum absolute atomic E-state index is 12.1. The first-order valence-corrected chi connectivity index (χ1v) is 8.31. The molecule has 1 saturated carbocycles. The van der Waals surface area contributed by atoms with Crippen molar-refractivity contribution in [2.75, 3.05) is 18.5 Å². The third-order valence-electron chi connectivity index (χ3n) is 3.33. The number of hydrogen-bond donors (Lipinski definition) is 2. The van der Waals surface area contributed by atoms with E-state index in [1.807, 2.05) is 0 Å². The number of anilines is 1. The van der Waals surface area contributed by atoms with E-state index in [0.717, 1.165) is 12.8 Å². The molecule has 0 unspecified atom stereocenters. The Morgan fingerprint density at radius 2 is 2.09 bits per heavy atom. The molecule has 1 aliphatic rings. The molecule has 6 heteroatoms. The van der Waals surface area contributed by atoms with E-state index < -0.39 is 0 Å². The van der Waals surface area contributed by atoms with Crippen LogP contribution in [0.25, 0.3) is 0 Å². The molecule has 23 heavy (non-hydrogen) atoms. The summed E-state index contributed by atoms with van der Waals surface area (Å²) in [5, 5.41) is 6.03. The molecule has 0 spiro atoms. The van der Waals surface area contributed by atoms with Crippen molar-refractivity contribution in [3.8, 4) is 0 Å². The molecular weight excluding hydrogens is 316 g/mol. The standard InChI is InChI=1S/C17H23ClN2O3/c1-11(2)10-23-8-7-16(21)19-13-5-6-15(18)14(9-13)17(22)20-12-3-4-12/h5-6,9,11-12H,3-4,7-8,10H2,1-2H3,(H,19,21)(H,20,22). The van der Waals surface area contributed by atoms with Crippen molar-refractivity contribution in [2.24, 2.45) is 5.92 Å². The topological polar surface area (TPSA) is 67.4 Å². The van der Waals surface area contributed by atoms with Crippen LogP contribution < -0.4 is 10.6 Å². The van der Waals surface area contributed by atoms with Gasteiger partial charge in [-0.25, -0.2) is 0 Å². The first-order valence-electron chi connectivity index (χ1n) is 7.93. The lowest BCUT2D eigenvalue weighted by Crippen LogP contribution is -2.25.